The number of nitrogens with zero attached hydrogens (tertiary/aromatic N) is 7. The third kappa shape index (κ3) is 3.93. The van der Waals surface area contributed by atoms with Crippen LogP contribution >= 0.6 is 0 Å². The van der Waals surface area contributed by atoms with Gasteiger partial charge in [0.15, 0.2) is 5.65 Å². The molecule has 184 valence electrons. The number of pyridine rings is 2. The van der Waals surface area contributed by atoms with Gasteiger partial charge in [0.25, 0.3) is 0 Å². The number of aromatic nitrogens is 5. The van der Waals surface area contributed by atoms with E-state index >= 15 is 0 Å². The van der Waals surface area contributed by atoms with Gasteiger partial charge < -0.3 is 14.8 Å². The van der Waals surface area contributed by atoms with E-state index in [0.29, 0.717) is 18.5 Å². The summed E-state index contributed by atoms with van der Waals surface area (Å²) >= 11 is 0. The number of likely N-dealkylation sites (N-methyl/N-ethyl adjacent to an activating group) is 2. The quantitative estimate of drug-likeness (QED) is 0.462. The Bertz CT molecular complexity index is 1410. The largest absolute Gasteiger partial charge is 0.353 e. The van der Waals surface area contributed by atoms with Crippen LogP contribution in [0.15, 0.2) is 24.7 Å². The van der Waals surface area contributed by atoms with Gasteiger partial charge in [0, 0.05) is 50.6 Å². The summed E-state index contributed by atoms with van der Waals surface area (Å²) < 4.78 is 1.85. The van der Waals surface area contributed by atoms with Crippen LogP contribution in [0.25, 0.3) is 27.9 Å². The van der Waals surface area contributed by atoms with Crippen LogP contribution in [-0.4, -0.2) is 87.1 Å². The van der Waals surface area contributed by atoms with Crippen LogP contribution in [0.3, 0.4) is 0 Å². The zero-order valence-electron chi connectivity index (χ0n) is 21.6. The fourth-order valence-corrected chi connectivity index (χ4v) is 4.89. The van der Waals surface area contributed by atoms with Crippen molar-refractivity contribution in [1.82, 2.24) is 34.4 Å². The SMILES string of the molecule is Cc1c(-c2[nH]c3ccc(N4CC(N(C)CC(=O)N(C)C)C4)nc3c2C(C)C)cn2ncnc2c1C. The van der Waals surface area contributed by atoms with E-state index in [1.165, 1.54) is 11.1 Å². The molecule has 5 rings (SSSR count). The zero-order chi connectivity index (χ0) is 25.0. The fourth-order valence-electron chi connectivity index (χ4n) is 4.89. The number of amides is 1. The second-order valence-corrected chi connectivity index (χ2v) is 10.2. The number of H-pyrrole nitrogens is 1. The first kappa shape index (κ1) is 23.3. The molecule has 9 nitrogen and oxygen atoms in total. The van der Waals surface area contributed by atoms with Crippen molar-refractivity contribution in [2.24, 2.45) is 0 Å². The van der Waals surface area contributed by atoms with Gasteiger partial charge in [-0.15, -0.1) is 0 Å². The van der Waals surface area contributed by atoms with Gasteiger partial charge in [-0.05, 0) is 50.1 Å². The van der Waals surface area contributed by atoms with E-state index in [-0.39, 0.29) is 5.91 Å². The molecule has 1 saturated heterocycles. The third-order valence-corrected chi connectivity index (χ3v) is 7.33. The van der Waals surface area contributed by atoms with Gasteiger partial charge in [-0.1, -0.05) is 13.8 Å². The number of hydrogen-bond donors (Lipinski definition) is 1. The number of anilines is 1. The van der Waals surface area contributed by atoms with Crippen LogP contribution in [0.1, 0.15) is 36.5 Å². The Hall–Kier alpha value is -3.46. The van der Waals surface area contributed by atoms with Crippen molar-refractivity contribution < 1.29 is 4.79 Å². The maximum Gasteiger partial charge on any atom is 0.236 e. The van der Waals surface area contributed by atoms with E-state index in [0.717, 1.165) is 52.4 Å². The molecule has 0 radical (unpaired) electrons. The number of rotatable bonds is 6. The van der Waals surface area contributed by atoms with Crippen molar-refractivity contribution in [1.29, 1.82) is 0 Å². The van der Waals surface area contributed by atoms with Crippen molar-refractivity contribution in [3.05, 3.63) is 41.3 Å². The van der Waals surface area contributed by atoms with Crippen LogP contribution in [0, 0.1) is 13.8 Å². The van der Waals surface area contributed by atoms with E-state index in [1.54, 1.807) is 25.3 Å². The van der Waals surface area contributed by atoms with Crippen molar-refractivity contribution >= 4 is 28.4 Å². The number of fused-ring (bicyclic) bond motifs is 2. The van der Waals surface area contributed by atoms with Crippen molar-refractivity contribution in [3.8, 4) is 11.3 Å². The molecule has 4 aromatic rings. The van der Waals surface area contributed by atoms with E-state index in [1.807, 2.05) is 11.6 Å². The first-order chi connectivity index (χ1) is 16.7. The summed E-state index contributed by atoms with van der Waals surface area (Å²) in [6, 6.07) is 4.57. The van der Waals surface area contributed by atoms with Gasteiger partial charge >= 0.3 is 0 Å². The third-order valence-electron chi connectivity index (χ3n) is 7.33. The highest BCUT2D eigenvalue weighted by Gasteiger charge is 2.32. The minimum atomic E-state index is 0.126. The van der Waals surface area contributed by atoms with E-state index in [4.69, 9.17) is 4.98 Å². The molecule has 1 amide bonds. The lowest BCUT2D eigenvalue weighted by Gasteiger charge is -2.44. The maximum atomic E-state index is 12.1. The fraction of sp³-hybridized carbons (Fsp3) is 0.462. The van der Waals surface area contributed by atoms with Gasteiger partial charge in [0.2, 0.25) is 5.91 Å². The molecular weight excluding hydrogens is 440 g/mol. The standard InChI is InChI=1S/C26H34N8O/c1-15(2)23-24(19-12-34-26(27-14-28-34)17(4)16(19)3)29-20-8-9-21(30-25(20)23)33-10-18(11-33)32(7)13-22(35)31(5)6/h8-9,12,14-15,18,29H,10-11,13H2,1-7H3. The second kappa shape index (κ2) is 8.64. The Labute approximate surface area is 205 Å². The summed E-state index contributed by atoms with van der Waals surface area (Å²) in [5, 5.41) is 4.38. The summed E-state index contributed by atoms with van der Waals surface area (Å²) in [5.74, 6) is 1.40. The number of carbonyl (C=O) groups excluding carboxylic acids is 1. The number of hydrogen-bond acceptors (Lipinski definition) is 6. The molecule has 0 saturated carbocycles. The minimum absolute atomic E-state index is 0.126. The Morgan fingerprint density at radius 2 is 1.91 bits per heavy atom. The van der Waals surface area contributed by atoms with E-state index in [9.17, 15) is 4.79 Å². The number of nitrogens with one attached hydrogen (secondary N) is 1. The monoisotopic (exact) mass is 474 g/mol. The van der Waals surface area contributed by atoms with Gasteiger partial charge in [-0.2, -0.15) is 5.10 Å². The molecular formula is C26H34N8O. The molecule has 0 spiro atoms. The molecule has 0 bridgehead atoms. The molecule has 1 aliphatic rings. The smallest absolute Gasteiger partial charge is 0.236 e. The first-order valence-electron chi connectivity index (χ1n) is 12.1. The van der Waals surface area contributed by atoms with E-state index in [2.05, 4.69) is 70.9 Å². The normalized spacial score (nSPS) is 14.5. The molecule has 1 N–H and O–H groups in total. The predicted octanol–water partition coefficient (Wildman–Crippen LogP) is 3.22. The lowest BCUT2D eigenvalue weighted by Crippen LogP contribution is -2.60. The lowest BCUT2D eigenvalue weighted by atomic mass is 9.95. The highest BCUT2D eigenvalue weighted by atomic mass is 16.2. The summed E-state index contributed by atoms with van der Waals surface area (Å²) in [4.78, 5) is 31.3. The molecule has 4 aromatic heterocycles. The van der Waals surface area contributed by atoms with Crippen LogP contribution in [0.4, 0.5) is 5.82 Å². The average molecular weight is 475 g/mol. The van der Waals surface area contributed by atoms with Gasteiger partial charge in [-0.3, -0.25) is 9.69 Å². The lowest BCUT2D eigenvalue weighted by molar-refractivity contribution is -0.130. The average Bonchev–Trinajstić information content (AvgIpc) is 3.39. The van der Waals surface area contributed by atoms with Crippen LogP contribution in [0.5, 0.6) is 0 Å². The minimum Gasteiger partial charge on any atom is -0.353 e. The van der Waals surface area contributed by atoms with Crippen molar-refractivity contribution in [2.45, 2.75) is 39.7 Å². The van der Waals surface area contributed by atoms with Gasteiger partial charge in [-0.25, -0.2) is 14.5 Å². The van der Waals surface area contributed by atoms with Crippen LogP contribution < -0.4 is 4.90 Å². The predicted molar refractivity (Wildman–Crippen MR) is 139 cm³/mol. The van der Waals surface area contributed by atoms with Crippen molar-refractivity contribution in [2.75, 3.05) is 45.7 Å². The summed E-state index contributed by atoms with van der Waals surface area (Å²) in [7, 11) is 5.62. The van der Waals surface area contributed by atoms with E-state index < -0.39 is 0 Å². The molecule has 1 fully saturated rings. The topological polar surface area (TPSA) is 85.7 Å². The first-order valence-corrected chi connectivity index (χ1v) is 12.1. The summed E-state index contributed by atoms with van der Waals surface area (Å²) in [5.41, 5.74) is 8.71. The number of carbonyl (C=O) groups is 1. The Morgan fingerprint density at radius 1 is 1.17 bits per heavy atom. The molecule has 35 heavy (non-hydrogen) atoms. The van der Waals surface area contributed by atoms with Crippen molar-refractivity contribution in [3.63, 3.8) is 0 Å². The highest BCUT2D eigenvalue weighted by Crippen LogP contribution is 2.38. The van der Waals surface area contributed by atoms with Gasteiger partial charge in [0.05, 0.1) is 23.3 Å². The molecule has 5 heterocycles. The molecule has 0 aliphatic carbocycles. The van der Waals surface area contributed by atoms with Crippen LogP contribution in [0.2, 0.25) is 0 Å². The Morgan fingerprint density at radius 3 is 2.60 bits per heavy atom. The molecule has 1 aliphatic heterocycles. The number of aryl methyl sites for hydroxylation is 1. The summed E-state index contributed by atoms with van der Waals surface area (Å²) in [6.45, 7) is 10.8. The van der Waals surface area contributed by atoms with Crippen LogP contribution in [-0.2, 0) is 4.79 Å². The number of aromatic amines is 1. The maximum absolute atomic E-state index is 12.1. The summed E-state index contributed by atoms with van der Waals surface area (Å²) in [6.07, 6.45) is 3.66. The molecule has 9 heteroatoms. The zero-order valence-corrected chi connectivity index (χ0v) is 21.6. The molecule has 0 atom stereocenters. The van der Waals surface area contributed by atoms with Gasteiger partial charge in [0.1, 0.15) is 12.1 Å². The molecule has 0 aromatic carbocycles. The highest BCUT2D eigenvalue weighted by molar-refractivity contribution is 5.90. The Balaban J connectivity index is 1.47. The second-order valence-electron chi connectivity index (χ2n) is 10.2. The molecule has 0 unspecified atom stereocenters. The Kier molecular flexibility index (Phi) is 5.75.